The first-order chi connectivity index (χ1) is 6.93. The highest BCUT2D eigenvalue weighted by Gasteiger charge is 2.38. The Morgan fingerprint density at radius 1 is 1.40 bits per heavy atom. The average Bonchev–Trinajstić information content (AvgIpc) is 2.17. The van der Waals surface area contributed by atoms with Crippen molar-refractivity contribution in [2.24, 2.45) is 5.73 Å². The minimum Gasteiger partial charge on any atom is -0.377 e. The second-order valence-corrected chi connectivity index (χ2v) is 5.62. The van der Waals surface area contributed by atoms with Crippen LogP contribution in [0.5, 0.6) is 0 Å². The van der Waals surface area contributed by atoms with E-state index in [9.17, 15) is 0 Å². The van der Waals surface area contributed by atoms with Gasteiger partial charge in [-0.15, -0.1) is 0 Å². The zero-order valence-electron chi connectivity index (χ0n) is 10.7. The van der Waals surface area contributed by atoms with Crippen molar-refractivity contribution in [1.29, 1.82) is 0 Å². The summed E-state index contributed by atoms with van der Waals surface area (Å²) < 4.78 is 5.72. The van der Waals surface area contributed by atoms with Gasteiger partial charge in [0.1, 0.15) is 0 Å². The Kier molecular flexibility index (Phi) is 4.15. The molecule has 0 aromatic rings. The molecule has 1 atom stereocenters. The third-order valence-electron chi connectivity index (χ3n) is 3.52. The summed E-state index contributed by atoms with van der Waals surface area (Å²) in [4.78, 5) is 2.51. The molecule has 0 bridgehead atoms. The van der Waals surface area contributed by atoms with Gasteiger partial charge in [0.05, 0.1) is 5.60 Å². The van der Waals surface area contributed by atoms with Crippen molar-refractivity contribution in [3.05, 3.63) is 0 Å². The van der Waals surface area contributed by atoms with Crippen LogP contribution < -0.4 is 5.73 Å². The van der Waals surface area contributed by atoms with Crippen molar-refractivity contribution in [3.63, 3.8) is 0 Å². The van der Waals surface area contributed by atoms with E-state index in [1.165, 1.54) is 13.0 Å². The molecular weight excluding hydrogens is 188 g/mol. The van der Waals surface area contributed by atoms with Crippen molar-refractivity contribution in [3.8, 4) is 0 Å². The number of hydrogen-bond donors (Lipinski definition) is 1. The van der Waals surface area contributed by atoms with Crippen LogP contribution in [-0.2, 0) is 4.74 Å². The lowest BCUT2D eigenvalue weighted by atomic mass is 9.87. The van der Waals surface area contributed by atoms with Crippen LogP contribution in [0.2, 0.25) is 0 Å². The lowest BCUT2D eigenvalue weighted by molar-refractivity contribution is -0.0874. The van der Waals surface area contributed by atoms with Gasteiger partial charge < -0.3 is 10.5 Å². The molecule has 1 fully saturated rings. The maximum absolute atomic E-state index is 5.72. The number of nitrogens with zero attached hydrogens (tertiary/aromatic N) is 1. The Hall–Kier alpha value is -0.120. The monoisotopic (exact) mass is 214 g/mol. The summed E-state index contributed by atoms with van der Waals surface area (Å²) in [5.74, 6) is 0. The number of rotatable bonds is 3. The first-order valence-corrected chi connectivity index (χ1v) is 5.94. The SMILES string of the molecule is COC1(CCN)CCCN(C(C)(C)C)C1. The predicted molar refractivity (Wildman–Crippen MR) is 64.0 cm³/mol. The summed E-state index contributed by atoms with van der Waals surface area (Å²) in [5.41, 5.74) is 5.91. The van der Waals surface area contributed by atoms with E-state index in [1.807, 2.05) is 7.11 Å². The maximum atomic E-state index is 5.72. The highest BCUT2D eigenvalue weighted by atomic mass is 16.5. The highest BCUT2D eigenvalue weighted by molar-refractivity contribution is 4.92. The number of likely N-dealkylation sites (tertiary alicyclic amines) is 1. The minimum absolute atomic E-state index is 0.000278. The van der Waals surface area contributed by atoms with Gasteiger partial charge in [-0.2, -0.15) is 0 Å². The summed E-state index contributed by atoms with van der Waals surface area (Å²) >= 11 is 0. The van der Waals surface area contributed by atoms with Gasteiger partial charge in [0.15, 0.2) is 0 Å². The Morgan fingerprint density at radius 2 is 2.07 bits per heavy atom. The van der Waals surface area contributed by atoms with Gasteiger partial charge in [0.25, 0.3) is 0 Å². The third-order valence-corrected chi connectivity index (χ3v) is 3.52. The summed E-state index contributed by atoms with van der Waals surface area (Å²) in [5, 5.41) is 0. The molecule has 0 radical (unpaired) electrons. The van der Waals surface area contributed by atoms with Crippen LogP contribution in [0.25, 0.3) is 0 Å². The number of ether oxygens (including phenoxy) is 1. The molecule has 0 aromatic heterocycles. The van der Waals surface area contributed by atoms with Crippen LogP contribution in [0.1, 0.15) is 40.0 Å². The number of piperidine rings is 1. The van der Waals surface area contributed by atoms with Crippen LogP contribution in [0.4, 0.5) is 0 Å². The Labute approximate surface area is 94.0 Å². The van der Waals surface area contributed by atoms with Gasteiger partial charge >= 0.3 is 0 Å². The first kappa shape index (κ1) is 12.9. The van der Waals surface area contributed by atoms with Gasteiger partial charge in [-0.25, -0.2) is 0 Å². The summed E-state index contributed by atoms with van der Waals surface area (Å²) in [6, 6.07) is 0. The van der Waals surface area contributed by atoms with Crippen LogP contribution in [0, 0.1) is 0 Å². The molecule has 3 heteroatoms. The Morgan fingerprint density at radius 3 is 2.53 bits per heavy atom. The molecule has 1 rings (SSSR count). The Bertz CT molecular complexity index is 196. The molecule has 1 aliphatic heterocycles. The van der Waals surface area contributed by atoms with Crippen molar-refractivity contribution >= 4 is 0 Å². The Balaban J connectivity index is 2.68. The smallest absolute Gasteiger partial charge is 0.0817 e. The molecule has 3 nitrogen and oxygen atoms in total. The minimum atomic E-state index is 0.000278. The quantitative estimate of drug-likeness (QED) is 0.776. The van der Waals surface area contributed by atoms with Gasteiger partial charge in [-0.3, -0.25) is 4.90 Å². The number of nitrogens with two attached hydrogens (primary N) is 1. The lowest BCUT2D eigenvalue weighted by Gasteiger charge is -2.47. The van der Waals surface area contributed by atoms with E-state index in [0.29, 0.717) is 6.54 Å². The van der Waals surface area contributed by atoms with E-state index in [4.69, 9.17) is 10.5 Å². The molecule has 0 aromatic carbocycles. The van der Waals surface area contributed by atoms with Crippen molar-refractivity contribution in [1.82, 2.24) is 4.90 Å². The van der Waals surface area contributed by atoms with Crippen molar-refractivity contribution in [2.75, 3.05) is 26.7 Å². The second-order valence-electron chi connectivity index (χ2n) is 5.62. The van der Waals surface area contributed by atoms with Crippen LogP contribution >= 0.6 is 0 Å². The summed E-state index contributed by atoms with van der Waals surface area (Å²) in [6.45, 7) is 9.71. The van der Waals surface area contributed by atoms with Gasteiger partial charge in [-0.05, 0) is 53.1 Å². The van der Waals surface area contributed by atoms with Gasteiger partial charge in [0, 0.05) is 19.2 Å². The van der Waals surface area contributed by atoms with Gasteiger partial charge in [-0.1, -0.05) is 0 Å². The van der Waals surface area contributed by atoms with Gasteiger partial charge in [0.2, 0.25) is 0 Å². The van der Waals surface area contributed by atoms with E-state index in [0.717, 1.165) is 19.4 Å². The molecule has 15 heavy (non-hydrogen) atoms. The highest BCUT2D eigenvalue weighted by Crippen LogP contribution is 2.31. The number of methoxy groups -OCH3 is 1. The van der Waals surface area contributed by atoms with E-state index < -0.39 is 0 Å². The summed E-state index contributed by atoms with van der Waals surface area (Å²) in [7, 11) is 1.82. The average molecular weight is 214 g/mol. The van der Waals surface area contributed by atoms with E-state index >= 15 is 0 Å². The predicted octanol–water partition coefficient (Wildman–Crippen LogP) is 1.61. The first-order valence-electron chi connectivity index (χ1n) is 5.94. The number of hydrogen-bond acceptors (Lipinski definition) is 3. The van der Waals surface area contributed by atoms with Crippen molar-refractivity contribution in [2.45, 2.75) is 51.2 Å². The van der Waals surface area contributed by atoms with Crippen molar-refractivity contribution < 1.29 is 4.74 Å². The van der Waals surface area contributed by atoms with Crippen LogP contribution in [-0.4, -0.2) is 42.8 Å². The zero-order chi connectivity index (χ0) is 11.5. The fourth-order valence-electron chi connectivity index (χ4n) is 2.41. The molecule has 1 heterocycles. The molecule has 0 amide bonds. The molecule has 1 saturated heterocycles. The molecule has 90 valence electrons. The van der Waals surface area contributed by atoms with Crippen LogP contribution in [0.15, 0.2) is 0 Å². The molecule has 0 aliphatic carbocycles. The fraction of sp³-hybridized carbons (Fsp3) is 1.00. The summed E-state index contributed by atoms with van der Waals surface area (Å²) in [6.07, 6.45) is 3.33. The molecule has 0 spiro atoms. The zero-order valence-corrected chi connectivity index (χ0v) is 10.7. The normalized spacial score (nSPS) is 29.4. The van der Waals surface area contributed by atoms with E-state index in [1.54, 1.807) is 0 Å². The standard InChI is InChI=1S/C12H26N2O/c1-11(2,3)14-9-5-6-12(10-14,15-4)7-8-13/h5-10,13H2,1-4H3. The van der Waals surface area contributed by atoms with Crippen LogP contribution in [0.3, 0.4) is 0 Å². The molecular formula is C12H26N2O. The molecule has 1 aliphatic rings. The fourth-order valence-corrected chi connectivity index (χ4v) is 2.41. The second kappa shape index (κ2) is 4.81. The molecule has 1 unspecified atom stereocenters. The molecule has 2 N–H and O–H groups in total. The van der Waals surface area contributed by atoms with E-state index in [-0.39, 0.29) is 11.1 Å². The third kappa shape index (κ3) is 3.16. The molecule has 0 saturated carbocycles. The largest absolute Gasteiger partial charge is 0.377 e. The topological polar surface area (TPSA) is 38.5 Å². The maximum Gasteiger partial charge on any atom is 0.0817 e. The van der Waals surface area contributed by atoms with E-state index in [2.05, 4.69) is 25.7 Å². The lowest BCUT2D eigenvalue weighted by Crippen LogP contribution is -2.56.